The first-order valence-electron chi connectivity index (χ1n) is 11.9. The first kappa shape index (κ1) is 28.0. The maximum absolute atomic E-state index is 13.1. The number of nitrogens with zero attached hydrogens (tertiary/aromatic N) is 1. The minimum Gasteiger partial charge on any atom is -0.480 e. The monoisotopic (exact) mass is 530 g/mol. The second-order valence-electron chi connectivity index (χ2n) is 9.89. The number of carbonyl (C=O) groups is 4. The van der Waals surface area contributed by atoms with E-state index < -0.39 is 29.7 Å². The molecule has 0 radical (unpaired) electrons. The number of fused-ring (bicyclic) bond motifs is 1. The molecule has 198 valence electrons. The molecule has 37 heavy (non-hydrogen) atoms. The van der Waals surface area contributed by atoms with Crippen molar-refractivity contribution in [2.24, 2.45) is 0 Å². The smallest absolute Gasteiger partial charge is 0.408 e. The van der Waals surface area contributed by atoms with E-state index in [1.54, 1.807) is 49.9 Å². The van der Waals surface area contributed by atoms with Crippen LogP contribution < -0.4 is 15.0 Å². The second-order valence-corrected chi connectivity index (χ2v) is 10.3. The van der Waals surface area contributed by atoms with Crippen LogP contribution in [0, 0.1) is 0 Å². The number of anilines is 1. The molecule has 2 N–H and O–H groups in total. The number of aryl methyl sites for hydroxylation is 1. The number of ether oxygens (including phenoxy) is 2. The molecule has 10 heteroatoms. The summed E-state index contributed by atoms with van der Waals surface area (Å²) in [6.07, 6.45) is 0.890. The van der Waals surface area contributed by atoms with Crippen molar-refractivity contribution in [1.82, 2.24) is 5.32 Å². The number of hydrogen-bond donors (Lipinski definition) is 2. The van der Waals surface area contributed by atoms with E-state index in [0.29, 0.717) is 12.1 Å². The Morgan fingerprint density at radius 1 is 1.11 bits per heavy atom. The lowest BCUT2D eigenvalue weighted by molar-refractivity contribution is -0.139. The van der Waals surface area contributed by atoms with Crippen molar-refractivity contribution >= 4 is 41.2 Å². The van der Waals surface area contributed by atoms with Crippen molar-refractivity contribution < 1.29 is 33.8 Å². The van der Waals surface area contributed by atoms with Crippen LogP contribution in [0.3, 0.4) is 0 Å². The predicted octanol–water partition coefficient (Wildman–Crippen LogP) is 4.31. The predicted molar refractivity (Wildman–Crippen MR) is 138 cm³/mol. The zero-order valence-corrected chi connectivity index (χ0v) is 22.1. The molecular weight excluding hydrogens is 500 g/mol. The van der Waals surface area contributed by atoms with E-state index in [4.69, 9.17) is 21.1 Å². The lowest BCUT2D eigenvalue weighted by Crippen LogP contribution is -2.44. The minimum atomic E-state index is -1.17. The highest BCUT2D eigenvalue weighted by Crippen LogP contribution is 2.30. The number of esters is 1. The van der Waals surface area contributed by atoms with Crippen LogP contribution in [0.25, 0.3) is 0 Å². The summed E-state index contributed by atoms with van der Waals surface area (Å²) >= 11 is 6.19. The largest absolute Gasteiger partial charge is 0.480 e. The summed E-state index contributed by atoms with van der Waals surface area (Å²) in [5.41, 5.74) is 2.37. The Balaban J connectivity index is 1.71. The lowest BCUT2D eigenvalue weighted by atomic mass is 9.96. The topological polar surface area (TPSA) is 122 Å². The van der Waals surface area contributed by atoms with Gasteiger partial charge < -0.3 is 24.8 Å². The van der Waals surface area contributed by atoms with Crippen molar-refractivity contribution in [3.8, 4) is 5.75 Å². The Morgan fingerprint density at radius 3 is 2.43 bits per heavy atom. The van der Waals surface area contributed by atoms with Crippen LogP contribution in [-0.2, 0) is 38.4 Å². The Kier molecular flexibility index (Phi) is 8.81. The van der Waals surface area contributed by atoms with Gasteiger partial charge in [0.15, 0.2) is 0 Å². The van der Waals surface area contributed by atoms with Crippen LogP contribution in [0.1, 0.15) is 50.8 Å². The van der Waals surface area contributed by atoms with Crippen molar-refractivity contribution in [3.05, 3.63) is 58.1 Å². The van der Waals surface area contributed by atoms with E-state index in [-0.39, 0.29) is 29.5 Å². The molecule has 0 fully saturated rings. The average Bonchev–Trinajstić information content (AvgIpc) is 2.78. The molecule has 1 atom stereocenters. The fraction of sp³-hybridized carbons (Fsp3) is 0.407. The summed E-state index contributed by atoms with van der Waals surface area (Å²) in [6, 6.07) is 9.16. The van der Waals surface area contributed by atoms with Crippen molar-refractivity contribution in [2.75, 3.05) is 11.4 Å². The molecule has 1 heterocycles. The third-order valence-corrected chi connectivity index (χ3v) is 5.89. The highest BCUT2D eigenvalue weighted by Gasteiger charge is 2.26. The summed E-state index contributed by atoms with van der Waals surface area (Å²) in [5, 5.41) is 12.3. The molecule has 0 unspecified atom stereocenters. The van der Waals surface area contributed by atoms with Gasteiger partial charge in [0.25, 0.3) is 0 Å². The number of hydrogen-bond acceptors (Lipinski definition) is 6. The summed E-state index contributed by atoms with van der Waals surface area (Å²) in [5.74, 6) is -1.52. The quantitative estimate of drug-likeness (QED) is 0.404. The number of alkyl carbamates (subject to hydrolysis) is 1. The molecule has 2 aromatic rings. The number of carboxylic acid groups (broad SMARTS) is 1. The van der Waals surface area contributed by atoms with Crippen LogP contribution >= 0.6 is 11.6 Å². The number of carboxylic acids is 1. The SMILES string of the molecule is CC(=O)Oc1ccc(CC(=O)N2CCCc3cc(C[C@H](NC(=O)OC(C)(C)C)C(=O)O)ccc32)cc1Cl. The molecule has 0 saturated carbocycles. The molecule has 3 rings (SSSR count). The number of aliphatic carboxylic acids is 1. The fourth-order valence-corrected chi connectivity index (χ4v) is 4.33. The highest BCUT2D eigenvalue weighted by molar-refractivity contribution is 6.32. The minimum absolute atomic E-state index is 0.0724. The molecule has 2 aromatic carbocycles. The number of halogens is 1. The highest BCUT2D eigenvalue weighted by atomic mass is 35.5. The number of nitrogens with one attached hydrogen (secondary N) is 1. The zero-order chi connectivity index (χ0) is 27.3. The first-order chi connectivity index (χ1) is 17.3. The van der Waals surface area contributed by atoms with Gasteiger partial charge in [-0.1, -0.05) is 29.8 Å². The standard InChI is InChI=1S/C27H31ClN2O7/c1-16(31)36-23-10-8-18(13-20(23)28)15-24(32)30-11-5-6-19-12-17(7-9-22(19)30)14-21(25(33)34)29-26(35)37-27(2,3)4/h7-10,12-13,21H,5-6,11,14-15H2,1-4H3,(H,29,35)(H,33,34)/t21-/m0/s1. The molecule has 0 aliphatic carbocycles. The van der Waals surface area contributed by atoms with Gasteiger partial charge >= 0.3 is 18.0 Å². The van der Waals surface area contributed by atoms with Gasteiger partial charge in [0.2, 0.25) is 5.91 Å². The van der Waals surface area contributed by atoms with Gasteiger partial charge in [0.1, 0.15) is 17.4 Å². The summed E-state index contributed by atoms with van der Waals surface area (Å²) in [7, 11) is 0. The van der Waals surface area contributed by atoms with Gasteiger partial charge in [-0.3, -0.25) is 9.59 Å². The van der Waals surface area contributed by atoms with E-state index in [2.05, 4.69) is 5.32 Å². The molecule has 1 aliphatic heterocycles. The van der Waals surface area contributed by atoms with Gasteiger partial charge in [0.05, 0.1) is 11.4 Å². The van der Waals surface area contributed by atoms with Gasteiger partial charge in [-0.05, 0) is 68.5 Å². The van der Waals surface area contributed by atoms with E-state index >= 15 is 0 Å². The second kappa shape index (κ2) is 11.6. The third kappa shape index (κ3) is 7.95. The average molecular weight is 531 g/mol. The summed E-state index contributed by atoms with van der Waals surface area (Å²) < 4.78 is 10.2. The van der Waals surface area contributed by atoms with Crippen molar-refractivity contribution in [1.29, 1.82) is 0 Å². The van der Waals surface area contributed by atoms with Gasteiger partial charge in [-0.15, -0.1) is 0 Å². The Bertz CT molecular complexity index is 1210. The number of amides is 2. The van der Waals surface area contributed by atoms with Crippen LogP contribution in [0.15, 0.2) is 36.4 Å². The molecule has 0 saturated heterocycles. The fourth-order valence-electron chi connectivity index (χ4n) is 4.08. The summed E-state index contributed by atoms with van der Waals surface area (Å²) in [4.78, 5) is 49.9. The van der Waals surface area contributed by atoms with E-state index in [9.17, 15) is 24.3 Å². The third-order valence-electron chi connectivity index (χ3n) is 5.60. The Morgan fingerprint density at radius 2 is 1.81 bits per heavy atom. The molecule has 0 bridgehead atoms. The molecule has 2 amide bonds. The van der Waals surface area contributed by atoms with E-state index in [0.717, 1.165) is 29.7 Å². The maximum Gasteiger partial charge on any atom is 0.408 e. The van der Waals surface area contributed by atoms with Crippen LogP contribution in [0.2, 0.25) is 5.02 Å². The first-order valence-corrected chi connectivity index (χ1v) is 12.3. The van der Waals surface area contributed by atoms with Gasteiger partial charge in [-0.2, -0.15) is 0 Å². The van der Waals surface area contributed by atoms with Gasteiger partial charge in [-0.25, -0.2) is 9.59 Å². The number of benzene rings is 2. The zero-order valence-electron chi connectivity index (χ0n) is 21.3. The molecule has 0 spiro atoms. The lowest BCUT2D eigenvalue weighted by Gasteiger charge is -2.30. The normalized spacial score (nSPS) is 13.8. The maximum atomic E-state index is 13.1. The van der Waals surface area contributed by atoms with Crippen molar-refractivity contribution in [3.63, 3.8) is 0 Å². The van der Waals surface area contributed by atoms with Crippen LogP contribution in [0.5, 0.6) is 5.75 Å². The molecule has 9 nitrogen and oxygen atoms in total. The number of carbonyl (C=O) groups excluding carboxylic acids is 3. The molecule has 1 aliphatic rings. The van der Waals surface area contributed by atoms with Crippen molar-refractivity contribution in [2.45, 2.75) is 65.0 Å². The van der Waals surface area contributed by atoms with E-state index in [1.165, 1.54) is 6.92 Å². The van der Waals surface area contributed by atoms with Crippen LogP contribution in [-0.4, -0.2) is 47.2 Å². The van der Waals surface area contributed by atoms with Gasteiger partial charge in [0, 0.05) is 25.6 Å². The Labute approximate surface area is 220 Å². The van der Waals surface area contributed by atoms with Crippen LogP contribution in [0.4, 0.5) is 10.5 Å². The number of rotatable bonds is 7. The summed E-state index contributed by atoms with van der Waals surface area (Å²) in [6.45, 7) is 6.94. The van der Waals surface area contributed by atoms with E-state index in [1.807, 2.05) is 12.1 Å². The Hall–Kier alpha value is -3.59. The molecular formula is C27H31ClN2O7. The molecule has 0 aromatic heterocycles.